The van der Waals surface area contributed by atoms with E-state index in [4.69, 9.17) is 14.3 Å². The number of nitrogens with zero attached hydrogens (tertiary/aromatic N) is 2. The summed E-state index contributed by atoms with van der Waals surface area (Å²) in [6, 6.07) is 13.1. The van der Waals surface area contributed by atoms with Gasteiger partial charge in [0.1, 0.15) is 16.4 Å². The molecule has 0 fully saturated rings. The highest BCUT2D eigenvalue weighted by atomic mass is 32.2. The molecule has 2 aromatic carbocycles. The number of carbonyl (C=O) groups is 1. The molecule has 0 aliphatic rings. The fourth-order valence-electron chi connectivity index (χ4n) is 2.69. The van der Waals surface area contributed by atoms with Crippen molar-refractivity contribution in [3.63, 3.8) is 0 Å². The van der Waals surface area contributed by atoms with Crippen LogP contribution in [0.15, 0.2) is 65.8 Å². The zero-order valence-corrected chi connectivity index (χ0v) is 16.2. The Bertz CT molecular complexity index is 1080. The van der Waals surface area contributed by atoms with Crippen LogP contribution in [0.3, 0.4) is 0 Å². The van der Waals surface area contributed by atoms with E-state index < -0.39 is 15.8 Å². The van der Waals surface area contributed by atoms with Crippen LogP contribution in [0.1, 0.15) is 15.9 Å². The monoisotopic (exact) mass is 400 g/mol. The van der Waals surface area contributed by atoms with Crippen LogP contribution in [0, 0.1) is 4.78 Å². The molecule has 0 bridgehead atoms. The van der Waals surface area contributed by atoms with Crippen LogP contribution in [0.5, 0.6) is 11.5 Å². The van der Waals surface area contributed by atoms with Gasteiger partial charge in [0.25, 0.3) is 5.91 Å². The summed E-state index contributed by atoms with van der Waals surface area (Å²) in [5.41, 5.74) is 1.06. The SMILES string of the molecule is COc1cc(C(=O)NS(=N)(=O)c2ccccc2OC)ccc1Cn1cccn1. The van der Waals surface area contributed by atoms with E-state index in [1.807, 2.05) is 12.3 Å². The van der Waals surface area contributed by atoms with Gasteiger partial charge in [-0.2, -0.15) is 5.10 Å². The van der Waals surface area contributed by atoms with Gasteiger partial charge in [-0.05, 0) is 30.3 Å². The summed E-state index contributed by atoms with van der Waals surface area (Å²) in [4.78, 5) is 12.7. The number of benzene rings is 2. The highest BCUT2D eigenvalue weighted by Gasteiger charge is 2.20. The zero-order valence-electron chi connectivity index (χ0n) is 15.4. The van der Waals surface area contributed by atoms with E-state index in [1.54, 1.807) is 47.3 Å². The van der Waals surface area contributed by atoms with Crippen LogP contribution < -0.4 is 14.2 Å². The second-order valence-electron chi connectivity index (χ2n) is 5.87. The van der Waals surface area contributed by atoms with Crippen LogP contribution in [0.4, 0.5) is 0 Å². The smallest absolute Gasteiger partial charge is 0.263 e. The molecule has 1 amide bonds. The average Bonchev–Trinajstić information content (AvgIpc) is 3.21. The Balaban J connectivity index is 1.84. The summed E-state index contributed by atoms with van der Waals surface area (Å²) < 4.78 is 35.5. The Labute approximate surface area is 163 Å². The Hall–Kier alpha value is -3.33. The standard InChI is InChI=1S/C19H20N4O4S/c1-26-16-6-3-4-7-18(16)28(20,25)22-19(24)14-8-9-15(17(12-14)27-2)13-23-11-5-10-21-23/h3-12H,13H2,1-2H3,(H2,20,22,24,25). The van der Waals surface area contributed by atoms with Crippen LogP contribution in [-0.4, -0.2) is 34.1 Å². The molecule has 3 aromatic rings. The molecule has 0 radical (unpaired) electrons. The van der Waals surface area contributed by atoms with Gasteiger partial charge in [0.15, 0.2) is 9.92 Å². The Morgan fingerprint density at radius 1 is 1.14 bits per heavy atom. The Kier molecular flexibility index (Phi) is 5.65. The van der Waals surface area contributed by atoms with Crippen molar-refractivity contribution >= 4 is 15.8 Å². The third-order valence-electron chi connectivity index (χ3n) is 4.06. The highest BCUT2D eigenvalue weighted by Crippen LogP contribution is 2.24. The van der Waals surface area contributed by atoms with Gasteiger partial charge in [-0.3, -0.25) is 14.2 Å². The maximum Gasteiger partial charge on any atom is 0.263 e. The molecule has 1 heterocycles. The molecule has 0 saturated heterocycles. The van der Waals surface area contributed by atoms with Crippen molar-refractivity contribution in [2.24, 2.45) is 0 Å². The van der Waals surface area contributed by atoms with Crippen molar-refractivity contribution in [1.82, 2.24) is 14.5 Å². The number of carbonyl (C=O) groups excluding carboxylic acids is 1. The second-order valence-corrected chi connectivity index (χ2v) is 7.62. The summed E-state index contributed by atoms with van der Waals surface area (Å²) in [5, 5.41) is 4.15. The van der Waals surface area contributed by atoms with E-state index in [0.717, 1.165) is 5.56 Å². The average molecular weight is 400 g/mol. The number of hydrogen-bond acceptors (Lipinski definition) is 6. The van der Waals surface area contributed by atoms with Crippen LogP contribution in [0.2, 0.25) is 0 Å². The highest BCUT2D eigenvalue weighted by molar-refractivity contribution is 7.91. The van der Waals surface area contributed by atoms with E-state index in [1.165, 1.54) is 20.3 Å². The molecule has 1 atom stereocenters. The summed E-state index contributed by atoms with van der Waals surface area (Å²) in [7, 11) is -0.679. The van der Waals surface area contributed by atoms with Crippen molar-refractivity contribution < 1.29 is 18.5 Å². The molecular weight excluding hydrogens is 380 g/mol. The first kappa shape index (κ1) is 19.4. The van der Waals surface area contributed by atoms with Gasteiger partial charge in [-0.15, -0.1) is 0 Å². The molecule has 1 aromatic heterocycles. The maximum atomic E-state index is 12.8. The van der Waals surface area contributed by atoms with Gasteiger partial charge in [-0.25, -0.2) is 8.99 Å². The molecule has 2 N–H and O–H groups in total. The first-order chi connectivity index (χ1) is 13.4. The van der Waals surface area contributed by atoms with Crippen molar-refractivity contribution in [3.05, 3.63) is 72.1 Å². The van der Waals surface area contributed by atoms with Crippen LogP contribution in [-0.2, 0) is 16.5 Å². The van der Waals surface area contributed by atoms with Gasteiger partial charge in [0.05, 0.1) is 20.8 Å². The number of aromatic nitrogens is 2. The first-order valence-electron chi connectivity index (χ1n) is 8.33. The minimum atomic E-state index is -3.60. The van der Waals surface area contributed by atoms with Crippen LogP contribution >= 0.6 is 0 Å². The van der Waals surface area contributed by atoms with E-state index in [2.05, 4.69) is 9.82 Å². The number of hydrogen-bond donors (Lipinski definition) is 2. The number of ether oxygens (including phenoxy) is 2. The number of nitrogens with one attached hydrogen (secondary N) is 2. The number of para-hydroxylation sites is 1. The molecule has 8 nitrogen and oxygen atoms in total. The van der Waals surface area contributed by atoms with E-state index in [-0.39, 0.29) is 16.2 Å². The normalized spacial score (nSPS) is 12.8. The second kappa shape index (κ2) is 8.13. The lowest BCUT2D eigenvalue weighted by atomic mass is 10.1. The first-order valence-corrected chi connectivity index (χ1v) is 9.88. The molecule has 9 heteroatoms. The summed E-state index contributed by atoms with van der Waals surface area (Å²) in [6.45, 7) is 0.481. The third kappa shape index (κ3) is 4.15. The van der Waals surface area contributed by atoms with Gasteiger partial charge in [-0.1, -0.05) is 18.2 Å². The molecule has 0 spiro atoms. The Morgan fingerprint density at radius 3 is 2.57 bits per heavy atom. The predicted molar refractivity (Wildman–Crippen MR) is 104 cm³/mol. The predicted octanol–water partition coefficient (Wildman–Crippen LogP) is 2.70. The summed E-state index contributed by atoms with van der Waals surface area (Å²) >= 11 is 0. The molecule has 146 valence electrons. The third-order valence-corrected chi connectivity index (χ3v) is 5.49. The molecular formula is C19H20N4O4S. The van der Waals surface area contributed by atoms with Crippen molar-refractivity contribution in [1.29, 1.82) is 4.78 Å². The van der Waals surface area contributed by atoms with E-state index in [0.29, 0.717) is 12.3 Å². The fraction of sp³-hybridized carbons (Fsp3) is 0.158. The topological polar surface area (TPSA) is 106 Å². The van der Waals surface area contributed by atoms with Gasteiger partial charge in [0.2, 0.25) is 0 Å². The minimum absolute atomic E-state index is 0.105. The van der Waals surface area contributed by atoms with Crippen LogP contribution in [0.25, 0.3) is 0 Å². The maximum absolute atomic E-state index is 12.8. The lowest BCUT2D eigenvalue weighted by Gasteiger charge is -2.14. The minimum Gasteiger partial charge on any atom is -0.496 e. The number of methoxy groups -OCH3 is 2. The molecule has 0 saturated carbocycles. The molecule has 28 heavy (non-hydrogen) atoms. The van der Waals surface area contributed by atoms with Gasteiger partial charge in [0, 0.05) is 23.5 Å². The number of amides is 1. The Morgan fingerprint density at radius 2 is 1.89 bits per heavy atom. The van der Waals surface area contributed by atoms with E-state index in [9.17, 15) is 9.00 Å². The van der Waals surface area contributed by atoms with Crippen molar-refractivity contribution in [2.45, 2.75) is 11.4 Å². The molecule has 1 unspecified atom stereocenters. The van der Waals surface area contributed by atoms with Gasteiger partial charge >= 0.3 is 0 Å². The largest absolute Gasteiger partial charge is 0.496 e. The lowest BCUT2D eigenvalue weighted by molar-refractivity contribution is 0.0982. The fourth-order valence-corrected chi connectivity index (χ4v) is 3.88. The summed E-state index contributed by atoms with van der Waals surface area (Å²) in [6.07, 6.45) is 3.50. The van der Waals surface area contributed by atoms with Crippen molar-refractivity contribution in [2.75, 3.05) is 14.2 Å². The number of rotatable bonds is 7. The molecule has 0 aliphatic carbocycles. The molecule has 0 aliphatic heterocycles. The lowest BCUT2D eigenvalue weighted by Crippen LogP contribution is -2.30. The zero-order chi connectivity index (χ0) is 20.1. The van der Waals surface area contributed by atoms with Crippen molar-refractivity contribution in [3.8, 4) is 11.5 Å². The van der Waals surface area contributed by atoms with E-state index >= 15 is 0 Å². The van der Waals surface area contributed by atoms with Gasteiger partial charge < -0.3 is 9.47 Å². The molecule has 3 rings (SSSR count). The summed E-state index contributed by atoms with van der Waals surface area (Å²) in [5.74, 6) is 0.127. The quantitative estimate of drug-likeness (QED) is 0.634.